The number of non-ortho nitro benzene ring substituents is 1. The Kier molecular flexibility index (Phi) is 6.17. The van der Waals surface area contributed by atoms with Gasteiger partial charge in [0.15, 0.2) is 10.8 Å². The van der Waals surface area contributed by atoms with E-state index in [1.165, 1.54) is 30.8 Å². The lowest BCUT2D eigenvalue weighted by Crippen LogP contribution is -2.54. The minimum atomic E-state index is -1.13. The first-order valence-corrected chi connectivity index (χ1v) is 13.2. The molecule has 0 fully saturated rings. The zero-order valence-corrected chi connectivity index (χ0v) is 22.1. The number of para-hydroxylation sites is 1. The van der Waals surface area contributed by atoms with Gasteiger partial charge >= 0.3 is 0 Å². The third-order valence-electron chi connectivity index (χ3n) is 6.46. The van der Waals surface area contributed by atoms with Crippen LogP contribution in [-0.4, -0.2) is 21.5 Å². The van der Waals surface area contributed by atoms with Gasteiger partial charge in [0.2, 0.25) is 4.99 Å². The van der Waals surface area contributed by atoms with Crippen LogP contribution in [0.1, 0.15) is 23.6 Å². The number of hydrogen-bond donors (Lipinski definition) is 0. The number of nitrogens with zero attached hydrogens (tertiary/aromatic N) is 5. The van der Waals surface area contributed by atoms with E-state index >= 15 is 0 Å². The maximum absolute atomic E-state index is 12.7. The number of rotatable bonds is 5. The standard InChI is InChI=1S/C29H20ClN5O3S/c1-19(36)28-32-34(23-15-17-24(18-16-23)35(37)38)29(39-28)26-10-6-5-9-25(26)27(20-11-13-21(30)14-12-20)31-33(29)22-7-3-2-4-8-22/h2-18H,1H3. The highest BCUT2D eigenvalue weighted by atomic mass is 35.5. The minimum absolute atomic E-state index is 0.0394. The molecule has 0 N–H and O–H groups in total. The highest BCUT2D eigenvalue weighted by Gasteiger charge is 2.55. The molecule has 0 bridgehead atoms. The van der Waals surface area contributed by atoms with Crippen LogP contribution < -0.4 is 10.0 Å². The van der Waals surface area contributed by atoms with Crippen molar-refractivity contribution in [2.45, 2.75) is 11.9 Å². The van der Waals surface area contributed by atoms with Crippen molar-refractivity contribution in [3.63, 3.8) is 0 Å². The molecule has 4 aromatic rings. The molecule has 2 aliphatic heterocycles. The van der Waals surface area contributed by atoms with Crippen molar-refractivity contribution < 1.29 is 9.72 Å². The van der Waals surface area contributed by atoms with Gasteiger partial charge in [-0.25, -0.2) is 10.0 Å². The second-order valence-electron chi connectivity index (χ2n) is 8.91. The number of nitro groups is 1. The van der Waals surface area contributed by atoms with E-state index < -0.39 is 9.92 Å². The van der Waals surface area contributed by atoms with E-state index in [-0.39, 0.29) is 11.5 Å². The van der Waals surface area contributed by atoms with E-state index in [0.717, 1.165) is 28.1 Å². The van der Waals surface area contributed by atoms with Crippen LogP contribution in [0.2, 0.25) is 5.02 Å². The second kappa shape index (κ2) is 9.68. The molecule has 0 saturated heterocycles. The number of hydrogen-bond acceptors (Lipinski definition) is 8. The Morgan fingerprint density at radius 2 is 1.46 bits per heavy atom. The SMILES string of the molecule is CC(=O)C1=NN(c2ccc([N+](=O)[O-])cc2)C2(S1)c1ccccc1C(c1ccc(Cl)cc1)=NN2c1ccccc1. The molecule has 4 aromatic carbocycles. The quantitative estimate of drug-likeness (QED) is 0.200. The number of hydrazone groups is 2. The van der Waals surface area contributed by atoms with Crippen LogP contribution in [0, 0.1) is 10.1 Å². The summed E-state index contributed by atoms with van der Waals surface area (Å²) in [5.74, 6) is -0.193. The third-order valence-corrected chi connectivity index (χ3v) is 8.13. The summed E-state index contributed by atoms with van der Waals surface area (Å²) in [6.45, 7) is 1.48. The van der Waals surface area contributed by atoms with Crippen molar-refractivity contribution in [3.8, 4) is 0 Å². The highest BCUT2D eigenvalue weighted by molar-refractivity contribution is 8.17. The number of nitro benzene ring substituents is 1. The van der Waals surface area contributed by atoms with E-state index in [2.05, 4.69) is 0 Å². The van der Waals surface area contributed by atoms with E-state index in [1.807, 2.05) is 83.9 Å². The molecule has 0 aromatic heterocycles. The van der Waals surface area contributed by atoms with Gasteiger partial charge in [0.25, 0.3) is 5.69 Å². The van der Waals surface area contributed by atoms with Crippen molar-refractivity contribution in [1.82, 2.24) is 0 Å². The van der Waals surface area contributed by atoms with Gasteiger partial charge in [0, 0.05) is 40.8 Å². The summed E-state index contributed by atoms with van der Waals surface area (Å²) < 4.78 is 0. The van der Waals surface area contributed by atoms with Gasteiger partial charge in [-0.3, -0.25) is 14.9 Å². The fourth-order valence-corrected chi connectivity index (χ4v) is 6.10. The molecule has 1 spiro atoms. The molecule has 1 unspecified atom stereocenters. The minimum Gasteiger partial charge on any atom is -0.292 e. The Hall–Kier alpha value is -4.47. The van der Waals surface area contributed by atoms with Crippen molar-refractivity contribution >= 4 is 57.0 Å². The zero-order valence-electron chi connectivity index (χ0n) is 20.6. The summed E-state index contributed by atoms with van der Waals surface area (Å²) in [5.41, 5.74) is 4.64. The molecule has 39 heavy (non-hydrogen) atoms. The first kappa shape index (κ1) is 24.8. The molecule has 2 heterocycles. The molecule has 192 valence electrons. The van der Waals surface area contributed by atoms with Crippen LogP contribution in [0.15, 0.2) is 113 Å². The third kappa shape index (κ3) is 4.16. The van der Waals surface area contributed by atoms with Gasteiger partial charge in [-0.05, 0) is 48.2 Å². The second-order valence-corrected chi connectivity index (χ2v) is 10.5. The lowest BCUT2D eigenvalue weighted by atomic mass is 9.93. The molecule has 0 aliphatic carbocycles. The van der Waals surface area contributed by atoms with Crippen LogP contribution in [-0.2, 0) is 9.79 Å². The molecule has 2 aliphatic rings. The van der Waals surface area contributed by atoms with Gasteiger partial charge in [0.05, 0.1) is 22.0 Å². The number of benzene rings is 4. The van der Waals surface area contributed by atoms with Crippen LogP contribution in [0.25, 0.3) is 0 Å². The van der Waals surface area contributed by atoms with E-state index in [9.17, 15) is 14.9 Å². The van der Waals surface area contributed by atoms with Crippen LogP contribution >= 0.6 is 23.4 Å². The summed E-state index contributed by atoms with van der Waals surface area (Å²) in [6, 6.07) is 31.1. The van der Waals surface area contributed by atoms with Gasteiger partial charge in [-0.15, -0.1) is 0 Å². The Bertz CT molecular complexity index is 1660. The maximum Gasteiger partial charge on any atom is 0.269 e. The molecular weight excluding hydrogens is 534 g/mol. The Balaban J connectivity index is 1.64. The maximum atomic E-state index is 12.7. The van der Waals surface area contributed by atoms with E-state index in [0.29, 0.717) is 15.8 Å². The van der Waals surface area contributed by atoms with Crippen molar-refractivity contribution in [3.05, 3.63) is 135 Å². The first-order valence-electron chi connectivity index (χ1n) is 12.0. The lowest BCUT2D eigenvalue weighted by Gasteiger charge is -2.47. The molecule has 1 atom stereocenters. The zero-order chi connectivity index (χ0) is 27.1. The first-order chi connectivity index (χ1) is 18.9. The average Bonchev–Trinajstić information content (AvgIpc) is 3.36. The molecule has 6 rings (SSSR count). The Morgan fingerprint density at radius 3 is 2.13 bits per heavy atom. The summed E-state index contributed by atoms with van der Waals surface area (Å²) in [6.07, 6.45) is 0. The fraction of sp³-hybridized carbons (Fsp3) is 0.0690. The molecular formula is C29H20ClN5O3S. The number of halogens is 1. The van der Waals surface area contributed by atoms with Gasteiger partial charge in [-0.2, -0.15) is 10.2 Å². The van der Waals surface area contributed by atoms with Gasteiger partial charge in [0.1, 0.15) is 0 Å². The summed E-state index contributed by atoms with van der Waals surface area (Å²) >= 11 is 7.48. The summed E-state index contributed by atoms with van der Waals surface area (Å²) in [7, 11) is 0. The normalized spacial score (nSPS) is 18.0. The Labute approximate surface area is 233 Å². The fourth-order valence-electron chi connectivity index (χ4n) is 4.68. The highest BCUT2D eigenvalue weighted by Crippen LogP contribution is 2.55. The number of anilines is 2. The number of fused-ring (bicyclic) bond motifs is 2. The average molecular weight is 554 g/mol. The van der Waals surface area contributed by atoms with Gasteiger partial charge in [-0.1, -0.05) is 66.2 Å². The largest absolute Gasteiger partial charge is 0.292 e. The molecule has 10 heteroatoms. The Morgan fingerprint density at radius 1 is 0.846 bits per heavy atom. The van der Waals surface area contributed by atoms with Crippen LogP contribution in [0.4, 0.5) is 17.1 Å². The smallest absolute Gasteiger partial charge is 0.269 e. The number of Topliss-reactive ketones (excluding diaryl/α,β-unsaturated/α-hetero) is 1. The lowest BCUT2D eigenvalue weighted by molar-refractivity contribution is -0.384. The summed E-state index contributed by atoms with van der Waals surface area (Å²) in [5, 5.41) is 25.8. The molecule has 8 nitrogen and oxygen atoms in total. The monoisotopic (exact) mass is 553 g/mol. The van der Waals surface area contributed by atoms with Crippen molar-refractivity contribution in [2.75, 3.05) is 10.0 Å². The van der Waals surface area contributed by atoms with Crippen LogP contribution in [0.5, 0.6) is 0 Å². The number of carbonyl (C=O) groups is 1. The van der Waals surface area contributed by atoms with Crippen molar-refractivity contribution in [1.29, 1.82) is 0 Å². The predicted molar refractivity (Wildman–Crippen MR) is 155 cm³/mol. The van der Waals surface area contributed by atoms with E-state index in [4.69, 9.17) is 21.8 Å². The van der Waals surface area contributed by atoms with Gasteiger partial charge < -0.3 is 0 Å². The molecule has 0 radical (unpaired) electrons. The number of carbonyl (C=O) groups excluding carboxylic acids is 1. The summed E-state index contributed by atoms with van der Waals surface area (Å²) in [4.78, 5) is 22.5. The number of thioether (sulfide) groups is 1. The van der Waals surface area contributed by atoms with Crippen LogP contribution in [0.3, 0.4) is 0 Å². The topological polar surface area (TPSA) is 91.4 Å². The van der Waals surface area contributed by atoms with Crippen molar-refractivity contribution in [2.24, 2.45) is 10.2 Å². The predicted octanol–water partition coefficient (Wildman–Crippen LogP) is 6.79. The molecule has 0 amide bonds. The molecule has 0 saturated carbocycles. The van der Waals surface area contributed by atoms with E-state index in [1.54, 1.807) is 17.1 Å². The number of ketones is 1.